The van der Waals surface area contributed by atoms with Crippen LogP contribution in [0.25, 0.3) is 0 Å². The Morgan fingerprint density at radius 1 is 1.33 bits per heavy atom. The summed E-state index contributed by atoms with van der Waals surface area (Å²) in [6.07, 6.45) is -0.0951. The van der Waals surface area contributed by atoms with Gasteiger partial charge in [0.25, 0.3) is 0 Å². The number of aliphatic carboxylic acids is 1. The number of halogens is 1. The summed E-state index contributed by atoms with van der Waals surface area (Å²) in [5, 5.41) is 13.1. The van der Waals surface area contributed by atoms with Crippen molar-refractivity contribution in [2.24, 2.45) is 0 Å². The molecule has 0 fully saturated rings. The molecule has 0 saturated heterocycles. The van der Waals surface area contributed by atoms with Crippen LogP contribution in [0.15, 0.2) is 38.5 Å². The third-order valence-electron chi connectivity index (χ3n) is 2.32. The van der Waals surface area contributed by atoms with Gasteiger partial charge in [0.1, 0.15) is 0 Å². The molecule has 0 bridgehead atoms. The summed E-state index contributed by atoms with van der Waals surface area (Å²) in [5.41, 5.74) is 1.25. The normalized spacial score (nSPS) is 10.3. The van der Waals surface area contributed by atoms with E-state index in [1.165, 1.54) is 23.1 Å². The quantitative estimate of drug-likeness (QED) is 0.744. The number of carbonyl (C=O) groups excluding carboxylic acids is 1. The van der Waals surface area contributed by atoms with Crippen molar-refractivity contribution in [3.63, 3.8) is 0 Å². The number of carboxylic acids is 1. The summed E-state index contributed by atoms with van der Waals surface area (Å²) in [4.78, 5) is 26.5. The molecule has 0 aliphatic rings. The molecule has 0 unspecified atom stereocenters. The van der Waals surface area contributed by atoms with Gasteiger partial charge in [-0.15, -0.1) is 11.3 Å². The minimum Gasteiger partial charge on any atom is -0.481 e. The maximum Gasteiger partial charge on any atom is 0.309 e. The van der Waals surface area contributed by atoms with Crippen molar-refractivity contribution in [3.8, 4) is 0 Å². The third kappa shape index (κ3) is 5.49. The van der Waals surface area contributed by atoms with Crippen LogP contribution in [0.3, 0.4) is 0 Å². The molecule has 8 heteroatoms. The molecule has 1 aromatic carbocycles. The van der Waals surface area contributed by atoms with Crippen LogP contribution in [0.2, 0.25) is 0 Å². The van der Waals surface area contributed by atoms with Crippen molar-refractivity contribution in [3.05, 3.63) is 39.8 Å². The molecule has 5 nitrogen and oxygen atoms in total. The number of benzene rings is 1. The zero-order valence-electron chi connectivity index (χ0n) is 10.7. The first kappa shape index (κ1) is 16.0. The highest BCUT2D eigenvalue weighted by Gasteiger charge is 2.09. The predicted molar refractivity (Wildman–Crippen MR) is 86.9 cm³/mol. The molecular formula is C13H11BrN2O3S2. The molecule has 0 radical (unpaired) electrons. The van der Waals surface area contributed by atoms with E-state index in [2.05, 4.69) is 26.2 Å². The van der Waals surface area contributed by atoms with E-state index in [1.54, 1.807) is 17.5 Å². The van der Waals surface area contributed by atoms with E-state index < -0.39 is 5.97 Å². The first-order valence-electron chi connectivity index (χ1n) is 5.87. The lowest BCUT2D eigenvalue weighted by atomic mass is 10.3. The van der Waals surface area contributed by atoms with E-state index in [4.69, 9.17) is 5.11 Å². The van der Waals surface area contributed by atoms with E-state index >= 15 is 0 Å². The van der Waals surface area contributed by atoms with Crippen LogP contribution in [0, 0.1) is 0 Å². The largest absolute Gasteiger partial charge is 0.481 e. The average molecular weight is 387 g/mol. The molecule has 0 aliphatic carbocycles. The highest BCUT2D eigenvalue weighted by atomic mass is 79.9. The summed E-state index contributed by atoms with van der Waals surface area (Å²) >= 11 is 5.96. The first-order valence-corrected chi connectivity index (χ1v) is 8.53. The molecule has 2 rings (SSSR count). The van der Waals surface area contributed by atoms with Gasteiger partial charge in [-0.25, -0.2) is 4.98 Å². The van der Waals surface area contributed by atoms with E-state index in [1.807, 2.05) is 12.1 Å². The van der Waals surface area contributed by atoms with Crippen molar-refractivity contribution in [2.75, 3.05) is 11.1 Å². The van der Waals surface area contributed by atoms with Gasteiger partial charge >= 0.3 is 5.97 Å². The lowest BCUT2D eigenvalue weighted by Crippen LogP contribution is -2.13. The summed E-state index contributed by atoms with van der Waals surface area (Å²) in [5.74, 6) is -0.807. The molecule has 0 spiro atoms. The Balaban J connectivity index is 1.82. The standard InChI is InChI=1S/C13H11BrN2O3S2/c14-8-1-3-9(4-2-8)15-11(17)7-21-13-16-10(6-20-13)5-12(18)19/h1-4,6H,5,7H2,(H,15,17)(H,18,19). The molecule has 2 N–H and O–H groups in total. The highest BCUT2D eigenvalue weighted by Crippen LogP contribution is 2.23. The smallest absolute Gasteiger partial charge is 0.309 e. The topological polar surface area (TPSA) is 79.3 Å². The summed E-state index contributed by atoms with van der Waals surface area (Å²) < 4.78 is 1.64. The first-order chi connectivity index (χ1) is 10.0. The number of hydrogen-bond acceptors (Lipinski definition) is 5. The second-order valence-corrected chi connectivity index (χ2v) is 7.02. The maximum atomic E-state index is 11.8. The minimum absolute atomic E-state index is 0.0951. The molecule has 2 aromatic rings. The number of carboxylic acid groups (broad SMARTS) is 1. The number of carbonyl (C=O) groups is 2. The molecule has 0 aliphatic heterocycles. The van der Waals surface area contributed by atoms with Crippen LogP contribution in [0.1, 0.15) is 5.69 Å². The number of nitrogens with one attached hydrogen (secondary N) is 1. The number of nitrogens with zero attached hydrogens (tertiary/aromatic N) is 1. The number of thioether (sulfide) groups is 1. The van der Waals surface area contributed by atoms with Crippen molar-refractivity contribution < 1.29 is 14.7 Å². The van der Waals surface area contributed by atoms with Gasteiger partial charge in [-0.3, -0.25) is 9.59 Å². The van der Waals surface area contributed by atoms with Crippen LogP contribution < -0.4 is 5.32 Å². The monoisotopic (exact) mass is 386 g/mol. The maximum absolute atomic E-state index is 11.8. The Labute approximate surface area is 137 Å². The lowest BCUT2D eigenvalue weighted by molar-refractivity contribution is -0.136. The van der Waals surface area contributed by atoms with Gasteiger partial charge in [0, 0.05) is 15.5 Å². The van der Waals surface area contributed by atoms with Gasteiger partial charge in [0.2, 0.25) is 5.91 Å². The van der Waals surface area contributed by atoms with Gasteiger partial charge < -0.3 is 10.4 Å². The number of thiazole rings is 1. The molecule has 110 valence electrons. The molecule has 21 heavy (non-hydrogen) atoms. The molecule has 1 amide bonds. The van der Waals surface area contributed by atoms with Crippen molar-refractivity contribution >= 4 is 56.6 Å². The highest BCUT2D eigenvalue weighted by molar-refractivity contribution is 9.10. The summed E-state index contributed by atoms with van der Waals surface area (Å²) in [6, 6.07) is 7.31. The zero-order chi connectivity index (χ0) is 15.2. The molecule has 0 saturated carbocycles. The van der Waals surface area contributed by atoms with Crippen LogP contribution in [-0.4, -0.2) is 27.7 Å². The molecule has 0 atom stereocenters. The summed E-state index contributed by atoms with van der Waals surface area (Å²) in [7, 11) is 0. The molecule has 1 heterocycles. The molecular weight excluding hydrogens is 376 g/mol. The van der Waals surface area contributed by atoms with E-state index in [0.29, 0.717) is 10.0 Å². The number of anilines is 1. The van der Waals surface area contributed by atoms with Crippen molar-refractivity contribution in [1.82, 2.24) is 4.98 Å². The molecule has 1 aromatic heterocycles. The number of amides is 1. The van der Waals surface area contributed by atoms with Gasteiger partial charge in [0.05, 0.1) is 17.9 Å². The van der Waals surface area contributed by atoms with Crippen molar-refractivity contribution in [2.45, 2.75) is 10.8 Å². The van der Waals surface area contributed by atoms with Crippen LogP contribution >= 0.6 is 39.0 Å². The Hall–Kier alpha value is -1.38. The fourth-order valence-electron chi connectivity index (χ4n) is 1.45. The number of aromatic nitrogens is 1. The number of hydrogen-bond donors (Lipinski definition) is 2. The van der Waals surface area contributed by atoms with Gasteiger partial charge in [-0.2, -0.15) is 0 Å². The SMILES string of the molecule is O=C(O)Cc1csc(SCC(=O)Nc2ccc(Br)cc2)n1. The second-order valence-electron chi connectivity index (χ2n) is 4.02. The van der Waals surface area contributed by atoms with E-state index in [9.17, 15) is 9.59 Å². The van der Waals surface area contributed by atoms with Crippen LogP contribution in [0.5, 0.6) is 0 Å². The fraction of sp³-hybridized carbons (Fsp3) is 0.154. The van der Waals surface area contributed by atoms with E-state index in [-0.39, 0.29) is 18.1 Å². The van der Waals surface area contributed by atoms with Crippen molar-refractivity contribution in [1.29, 1.82) is 0 Å². The van der Waals surface area contributed by atoms with E-state index in [0.717, 1.165) is 10.2 Å². The third-order valence-corrected chi connectivity index (χ3v) is 4.92. The second kappa shape index (κ2) is 7.58. The summed E-state index contributed by atoms with van der Waals surface area (Å²) in [6.45, 7) is 0. The Morgan fingerprint density at radius 2 is 2.05 bits per heavy atom. The Bertz CT molecular complexity index is 643. The Morgan fingerprint density at radius 3 is 2.71 bits per heavy atom. The van der Waals surface area contributed by atoms with Gasteiger partial charge in [-0.1, -0.05) is 27.7 Å². The van der Waals surface area contributed by atoms with Gasteiger partial charge in [-0.05, 0) is 24.3 Å². The minimum atomic E-state index is -0.912. The number of rotatable bonds is 6. The van der Waals surface area contributed by atoms with Crippen LogP contribution in [-0.2, 0) is 16.0 Å². The lowest BCUT2D eigenvalue weighted by Gasteiger charge is -2.04. The predicted octanol–water partition coefficient (Wildman–Crippen LogP) is 3.26. The fourth-order valence-corrected chi connectivity index (χ4v) is 3.36. The van der Waals surface area contributed by atoms with Gasteiger partial charge in [0.15, 0.2) is 4.34 Å². The average Bonchev–Trinajstić information content (AvgIpc) is 2.86. The van der Waals surface area contributed by atoms with Crippen LogP contribution in [0.4, 0.5) is 5.69 Å². The zero-order valence-corrected chi connectivity index (χ0v) is 13.9. The Kier molecular flexibility index (Phi) is 5.77.